The van der Waals surface area contributed by atoms with Crippen LogP contribution in [-0.2, 0) is 13.1 Å². The zero-order valence-corrected chi connectivity index (χ0v) is 16.3. The lowest BCUT2D eigenvalue weighted by Gasteiger charge is -2.44. The zero-order valence-electron chi connectivity index (χ0n) is 16.3. The van der Waals surface area contributed by atoms with Crippen molar-refractivity contribution in [2.45, 2.75) is 37.9 Å². The first-order valence-electron chi connectivity index (χ1n) is 9.90. The molecule has 3 aliphatic rings. The van der Waals surface area contributed by atoms with E-state index in [2.05, 4.69) is 5.32 Å². The van der Waals surface area contributed by atoms with Gasteiger partial charge in [-0.15, -0.1) is 0 Å². The SMILES string of the molecule is O=C(NCc1c(F)cc(F)cc1F)c1cn2c(c(O)c1=O)C(=O)N1C[C@@H]3CC[C@@]1(C3)C2. The number of aromatic nitrogens is 1. The Hall–Kier alpha value is -3.30. The molecule has 2 bridgehead atoms. The summed E-state index contributed by atoms with van der Waals surface area (Å²) < 4.78 is 42.1. The van der Waals surface area contributed by atoms with Crippen molar-refractivity contribution in [2.75, 3.05) is 6.54 Å². The Bertz CT molecular complexity index is 1190. The number of halogens is 3. The quantitative estimate of drug-likeness (QED) is 0.774. The molecule has 5 rings (SSSR count). The predicted octanol–water partition coefficient (Wildman–Crippen LogP) is 1.91. The number of aromatic hydroxyl groups is 1. The fourth-order valence-corrected chi connectivity index (χ4v) is 5.20. The number of nitrogens with zero attached hydrogens (tertiary/aromatic N) is 2. The Kier molecular flexibility index (Phi) is 4.18. The van der Waals surface area contributed by atoms with Crippen LogP contribution in [0, 0.1) is 23.4 Å². The monoisotopic (exact) mass is 433 g/mol. The Morgan fingerprint density at radius 2 is 1.94 bits per heavy atom. The number of carbonyl (C=O) groups is 2. The van der Waals surface area contributed by atoms with E-state index in [1.54, 1.807) is 4.90 Å². The number of benzene rings is 1. The summed E-state index contributed by atoms with van der Waals surface area (Å²) in [5, 5.41) is 12.6. The molecule has 1 spiro atoms. The smallest absolute Gasteiger partial charge is 0.275 e. The van der Waals surface area contributed by atoms with Crippen LogP contribution >= 0.6 is 0 Å². The van der Waals surface area contributed by atoms with Crippen molar-refractivity contribution in [1.29, 1.82) is 0 Å². The molecule has 31 heavy (non-hydrogen) atoms. The van der Waals surface area contributed by atoms with Gasteiger partial charge in [-0.25, -0.2) is 13.2 Å². The average molecular weight is 433 g/mol. The highest BCUT2D eigenvalue weighted by Crippen LogP contribution is 2.50. The average Bonchev–Trinajstić information content (AvgIpc) is 3.27. The number of hydrogen-bond donors (Lipinski definition) is 2. The fraction of sp³-hybridized carbons (Fsp3) is 0.381. The van der Waals surface area contributed by atoms with Crippen molar-refractivity contribution in [3.63, 3.8) is 0 Å². The normalized spacial score (nSPS) is 23.6. The molecule has 0 unspecified atom stereocenters. The van der Waals surface area contributed by atoms with Gasteiger partial charge in [-0.3, -0.25) is 14.4 Å². The van der Waals surface area contributed by atoms with Gasteiger partial charge in [-0.1, -0.05) is 0 Å². The van der Waals surface area contributed by atoms with E-state index in [-0.39, 0.29) is 11.2 Å². The fourth-order valence-electron chi connectivity index (χ4n) is 5.20. The van der Waals surface area contributed by atoms with Gasteiger partial charge in [0.25, 0.3) is 11.8 Å². The second-order valence-corrected chi connectivity index (χ2v) is 8.48. The number of piperidine rings is 1. The van der Waals surface area contributed by atoms with Crippen molar-refractivity contribution < 1.29 is 27.9 Å². The van der Waals surface area contributed by atoms with Gasteiger partial charge in [-0.05, 0) is 25.2 Å². The molecule has 1 saturated carbocycles. The van der Waals surface area contributed by atoms with Crippen molar-refractivity contribution in [3.8, 4) is 5.75 Å². The van der Waals surface area contributed by atoms with Gasteiger partial charge in [0.15, 0.2) is 11.4 Å². The second kappa shape index (κ2) is 6.60. The number of nitrogens with one attached hydrogen (secondary N) is 1. The van der Waals surface area contributed by atoms with Crippen molar-refractivity contribution >= 4 is 11.8 Å². The summed E-state index contributed by atoms with van der Waals surface area (Å²) in [5.41, 5.74) is -2.60. The highest BCUT2D eigenvalue weighted by atomic mass is 19.1. The maximum Gasteiger partial charge on any atom is 0.275 e. The predicted molar refractivity (Wildman–Crippen MR) is 101 cm³/mol. The first kappa shape index (κ1) is 19.7. The summed E-state index contributed by atoms with van der Waals surface area (Å²) in [6.07, 6.45) is 3.84. The number of rotatable bonds is 3. The van der Waals surface area contributed by atoms with E-state index in [1.165, 1.54) is 10.8 Å². The lowest BCUT2D eigenvalue weighted by atomic mass is 9.93. The van der Waals surface area contributed by atoms with Crippen molar-refractivity contribution in [3.05, 3.63) is 62.8 Å². The van der Waals surface area contributed by atoms with Crippen LogP contribution < -0.4 is 10.7 Å². The van der Waals surface area contributed by atoms with Gasteiger partial charge >= 0.3 is 0 Å². The number of hydrogen-bond acceptors (Lipinski definition) is 4. The molecule has 2 aliphatic heterocycles. The van der Waals surface area contributed by atoms with Gasteiger partial charge in [0.05, 0.1) is 5.54 Å². The van der Waals surface area contributed by atoms with Crippen LogP contribution in [0.5, 0.6) is 5.75 Å². The molecular formula is C21H18F3N3O4. The number of carbonyl (C=O) groups excluding carboxylic acids is 2. The molecule has 7 nitrogen and oxygen atoms in total. The topological polar surface area (TPSA) is 91.6 Å². The summed E-state index contributed by atoms with van der Waals surface area (Å²) >= 11 is 0. The van der Waals surface area contributed by atoms with Crippen molar-refractivity contribution in [2.24, 2.45) is 5.92 Å². The first-order chi connectivity index (χ1) is 14.7. The van der Waals surface area contributed by atoms with Gasteiger partial charge in [0, 0.05) is 43.5 Å². The maximum absolute atomic E-state index is 13.8. The molecule has 10 heteroatoms. The zero-order chi connectivity index (χ0) is 22.1. The Labute approximate surface area is 174 Å². The highest BCUT2D eigenvalue weighted by Gasteiger charge is 2.56. The summed E-state index contributed by atoms with van der Waals surface area (Å²) in [6, 6.07) is 0.967. The highest BCUT2D eigenvalue weighted by molar-refractivity contribution is 5.99. The molecule has 1 aliphatic carbocycles. The molecule has 0 radical (unpaired) electrons. The van der Waals surface area contributed by atoms with Gasteiger partial charge in [0.2, 0.25) is 5.43 Å². The van der Waals surface area contributed by atoms with Crippen LogP contribution in [0.1, 0.15) is 45.7 Å². The largest absolute Gasteiger partial charge is 0.503 e. The minimum Gasteiger partial charge on any atom is -0.503 e. The third-order valence-corrected chi connectivity index (χ3v) is 6.64. The van der Waals surface area contributed by atoms with Crippen LogP contribution in [0.25, 0.3) is 0 Å². The first-order valence-corrected chi connectivity index (χ1v) is 9.90. The lowest BCUT2D eigenvalue weighted by Crippen LogP contribution is -2.55. The molecule has 2 amide bonds. The van der Waals surface area contributed by atoms with Crippen molar-refractivity contribution in [1.82, 2.24) is 14.8 Å². The van der Waals surface area contributed by atoms with Gasteiger partial charge in [-0.2, -0.15) is 0 Å². The maximum atomic E-state index is 13.8. The van der Waals surface area contributed by atoms with Gasteiger partial charge in [0.1, 0.15) is 23.0 Å². The molecule has 3 heterocycles. The number of fused-ring (bicyclic) bond motifs is 2. The lowest BCUT2D eigenvalue weighted by molar-refractivity contribution is 0.0397. The van der Waals surface area contributed by atoms with Crippen LogP contribution in [0.4, 0.5) is 13.2 Å². The van der Waals surface area contributed by atoms with E-state index in [1.807, 2.05) is 0 Å². The third-order valence-electron chi connectivity index (χ3n) is 6.64. The second-order valence-electron chi connectivity index (χ2n) is 8.48. The summed E-state index contributed by atoms with van der Waals surface area (Å²) in [4.78, 5) is 39.8. The van der Waals surface area contributed by atoms with E-state index >= 15 is 0 Å². The molecule has 162 valence electrons. The Morgan fingerprint density at radius 1 is 1.23 bits per heavy atom. The minimum absolute atomic E-state index is 0.157. The Morgan fingerprint density at radius 3 is 2.61 bits per heavy atom. The Balaban J connectivity index is 1.46. The summed E-state index contributed by atoms with van der Waals surface area (Å²) in [5.74, 6) is -5.30. The molecule has 1 aromatic heterocycles. The van der Waals surface area contributed by atoms with E-state index in [0.717, 1.165) is 19.3 Å². The number of pyridine rings is 1. The van der Waals surface area contributed by atoms with Crippen LogP contribution in [-0.4, -0.2) is 38.5 Å². The molecule has 2 atom stereocenters. The van der Waals surface area contributed by atoms with Crippen LogP contribution in [0.3, 0.4) is 0 Å². The van der Waals surface area contributed by atoms with E-state index < -0.39 is 58.1 Å². The standard InChI is InChI=1S/C21H18F3N3O4/c22-11-3-14(23)12(15(24)4-11)6-25-19(30)13-8-26-9-21-2-1-10(5-21)7-27(21)20(31)16(26)18(29)17(13)28/h3-4,8,10,29H,1-2,5-7,9H2,(H,25,30)/t10-,21-/m1/s1. The van der Waals surface area contributed by atoms with Crippen LogP contribution in [0.2, 0.25) is 0 Å². The molecule has 2 fully saturated rings. The number of amides is 2. The molecule has 1 saturated heterocycles. The molecular weight excluding hydrogens is 415 g/mol. The third kappa shape index (κ3) is 2.84. The molecule has 2 aromatic rings. The summed E-state index contributed by atoms with van der Waals surface area (Å²) in [6.45, 7) is 0.306. The summed E-state index contributed by atoms with van der Waals surface area (Å²) in [7, 11) is 0. The van der Waals surface area contributed by atoms with Gasteiger partial charge < -0.3 is 19.9 Å². The van der Waals surface area contributed by atoms with E-state index in [9.17, 15) is 32.7 Å². The van der Waals surface area contributed by atoms with E-state index in [0.29, 0.717) is 31.1 Å². The van der Waals surface area contributed by atoms with E-state index in [4.69, 9.17) is 0 Å². The molecule has 1 aromatic carbocycles. The van der Waals surface area contributed by atoms with Crippen LogP contribution in [0.15, 0.2) is 23.1 Å². The minimum atomic E-state index is -1.18. The molecule has 2 N–H and O–H groups in total.